The van der Waals surface area contributed by atoms with Gasteiger partial charge in [0.1, 0.15) is 18.7 Å². The quantitative estimate of drug-likeness (QED) is 0.443. The molecule has 0 saturated heterocycles. The van der Waals surface area contributed by atoms with Gasteiger partial charge in [-0.1, -0.05) is 56.3 Å². The SMILES string of the molecule is CC(C)[C@H](NC(=O)OCc1ccccc1)C(=O)N[C@H](Cc1ccc(C(=O)O)cc1)C(=O)O. The number of ether oxygens (including phenoxy) is 1. The molecule has 0 spiro atoms. The summed E-state index contributed by atoms with van der Waals surface area (Å²) in [4.78, 5) is 47.5. The van der Waals surface area contributed by atoms with Crippen molar-refractivity contribution >= 4 is 23.9 Å². The molecule has 0 aliphatic rings. The van der Waals surface area contributed by atoms with Crippen LogP contribution in [0.2, 0.25) is 0 Å². The molecule has 0 aromatic heterocycles. The van der Waals surface area contributed by atoms with Gasteiger partial charge in [-0.2, -0.15) is 0 Å². The van der Waals surface area contributed by atoms with E-state index in [0.717, 1.165) is 5.56 Å². The van der Waals surface area contributed by atoms with Gasteiger partial charge in [0.15, 0.2) is 0 Å². The highest BCUT2D eigenvalue weighted by atomic mass is 16.5. The van der Waals surface area contributed by atoms with Crippen LogP contribution in [0.3, 0.4) is 0 Å². The van der Waals surface area contributed by atoms with Gasteiger partial charge in [0.05, 0.1) is 5.56 Å². The standard InChI is InChI=1S/C23H26N2O7/c1-14(2)19(25-23(31)32-13-16-6-4-3-5-7-16)20(26)24-18(22(29)30)12-15-8-10-17(11-9-15)21(27)28/h3-11,14,18-19H,12-13H2,1-2H3,(H,24,26)(H,25,31)(H,27,28)(H,29,30)/t18-,19+/m1/s1. The lowest BCUT2D eigenvalue weighted by atomic mass is 10.0. The zero-order valence-electron chi connectivity index (χ0n) is 17.8. The Morgan fingerprint density at radius 2 is 1.50 bits per heavy atom. The number of carbonyl (C=O) groups excluding carboxylic acids is 2. The van der Waals surface area contributed by atoms with Crippen molar-refractivity contribution in [2.24, 2.45) is 5.92 Å². The van der Waals surface area contributed by atoms with Gasteiger partial charge in [-0.25, -0.2) is 14.4 Å². The summed E-state index contributed by atoms with van der Waals surface area (Å²) < 4.78 is 5.14. The number of carboxylic acid groups (broad SMARTS) is 2. The molecular formula is C23H26N2O7. The zero-order chi connectivity index (χ0) is 23.7. The van der Waals surface area contributed by atoms with E-state index >= 15 is 0 Å². The third-order valence-electron chi connectivity index (χ3n) is 4.69. The summed E-state index contributed by atoms with van der Waals surface area (Å²) in [7, 11) is 0. The van der Waals surface area contributed by atoms with Gasteiger partial charge in [0, 0.05) is 6.42 Å². The third-order valence-corrected chi connectivity index (χ3v) is 4.69. The minimum Gasteiger partial charge on any atom is -0.480 e. The van der Waals surface area contributed by atoms with Gasteiger partial charge in [0.2, 0.25) is 5.91 Å². The van der Waals surface area contributed by atoms with Crippen LogP contribution in [-0.4, -0.2) is 46.2 Å². The summed E-state index contributed by atoms with van der Waals surface area (Å²) in [5.74, 6) is -3.34. The first-order valence-corrected chi connectivity index (χ1v) is 10.00. The van der Waals surface area contributed by atoms with Crippen LogP contribution >= 0.6 is 0 Å². The smallest absolute Gasteiger partial charge is 0.408 e. The molecule has 32 heavy (non-hydrogen) atoms. The van der Waals surface area contributed by atoms with Crippen molar-refractivity contribution in [1.29, 1.82) is 0 Å². The number of aliphatic carboxylic acids is 1. The lowest BCUT2D eigenvalue weighted by Gasteiger charge is -2.24. The fourth-order valence-corrected chi connectivity index (χ4v) is 2.91. The highest BCUT2D eigenvalue weighted by Gasteiger charge is 2.29. The molecule has 0 radical (unpaired) electrons. The summed E-state index contributed by atoms with van der Waals surface area (Å²) in [5, 5.41) is 23.4. The summed E-state index contributed by atoms with van der Waals surface area (Å²) >= 11 is 0. The molecule has 2 rings (SSSR count). The number of carbonyl (C=O) groups is 4. The van der Waals surface area contributed by atoms with Crippen LogP contribution in [0.4, 0.5) is 4.79 Å². The Balaban J connectivity index is 1.99. The van der Waals surface area contributed by atoms with Gasteiger partial charge in [0.25, 0.3) is 0 Å². The van der Waals surface area contributed by atoms with Crippen LogP contribution in [0.15, 0.2) is 54.6 Å². The monoisotopic (exact) mass is 442 g/mol. The number of aromatic carboxylic acids is 1. The van der Waals surface area contributed by atoms with Crippen molar-refractivity contribution < 1.29 is 34.1 Å². The van der Waals surface area contributed by atoms with Gasteiger partial charge in [-0.15, -0.1) is 0 Å². The van der Waals surface area contributed by atoms with Crippen molar-refractivity contribution in [2.45, 2.75) is 39.0 Å². The molecule has 2 amide bonds. The normalized spacial score (nSPS) is 12.5. The first kappa shape index (κ1) is 24.4. The predicted molar refractivity (Wildman–Crippen MR) is 115 cm³/mol. The largest absolute Gasteiger partial charge is 0.480 e. The van der Waals surface area contributed by atoms with Crippen LogP contribution in [0.1, 0.15) is 35.3 Å². The van der Waals surface area contributed by atoms with E-state index in [-0.39, 0.29) is 24.5 Å². The molecule has 170 valence electrons. The van der Waals surface area contributed by atoms with Gasteiger partial charge in [-0.3, -0.25) is 4.79 Å². The second kappa shape index (κ2) is 11.5. The molecule has 2 aromatic carbocycles. The van der Waals surface area contributed by atoms with Crippen LogP contribution < -0.4 is 10.6 Å². The zero-order valence-corrected chi connectivity index (χ0v) is 17.8. The molecule has 0 heterocycles. The first-order valence-electron chi connectivity index (χ1n) is 10.00. The van der Waals surface area contributed by atoms with Gasteiger partial charge >= 0.3 is 18.0 Å². The molecule has 0 bridgehead atoms. The summed E-state index contributed by atoms with van der Waals surface area (Å²) in [6, 6.07) is 12.5. The maximum Gasteiger partial charge on any atom is 0.408 e. The van der Waals surface area contributed by atoms with Gasteiger partial charge in [-0.05, 0) is 29.2 Å². The van der Waals surface area contributed by atoms with E-state index in [9.17, 15) is 24.3 Å². The first-order chi connectivity index (χ1) is 15.2. The maximum absolute atomic E-state index is 12.7. The number of benzene rings is 2. The molecule has 0 aliphatic carbocycles. The third kappa shape index (κ3) is 7.42. The number of hydrogen-bond donors (Lipinski definition) is 4. The summed E-state index contributed by atoms with van der Waals surface area (Å²) in [6.45, 7) is 3.45. The number of rotatable bonds is 10. The van der Waals surface area contributed by atoms with E-state index in [0.29, 0.717) is 5.56 Å². The van der Waals surface area contributed by atoms with Crippen molar-refractivity contribution in [3.63, 3.8) is 0 Å². The molecule has 4 N–H and O–H groups in total. The Morgan fingerprint density at radius 3 is 2.03 bits per heavy atom. The highest BCUT2D eigenvalue weighted by Crippen LogP contribution is 2.10. The molecule has 0 aliphatic heterocycles. The Labute approximate surface area is 185 Å². The van der Waals surface area contributed by atoms with E-state index < -0.39 is 36.0 Å². The van der Waals surface area contributed by atoms with E-state index in [1.54, 1.807) is 26.0 Å². The Bertz CT molecular complexity index is 943. The summed E-state index contributed by atoms with van der Waals surface area (Å²) in [6.07, 6.45) is -0.844. The van der Waals surface area contributed by atoms with Crippen LogP contribution in [0, 0.1) is 5.92 Å². The molecule has 0 saturated carbocycles. The van der Waals surface area contributed by atoms with Crippen molar-refractivity contribution in [3.8, 4) is 0 Å². The second-order valence-electron chi connectivity index (χ2n) is 7.53. The lowest BCUT2D eigenvalue weighted by molar-refractivity contribution is -0.142. The van der Waals surface area contributed by atoms with E-state index in [1.807, 2.05) is 18.2 Å². The van der Waals surface area contributed by atoms with Crippen molar-refractivity contribution in [1.82, 2.24) is 10.6 Å². The number of carboxylic acids is 2. The number of alkyl carbamates (subject to hydrolysis) is 1. The highest BCUT2D eigenvalue weighted by molar-refractivity contribution is 5.90. The van der Waals surface area contributed by atoms with Crippen LogP contribution in [0.25, 0.3) is 0 Å². The average Bonchev–Trinajstić information content (AvgIpc) is 2.76. The number of amides is 2. The minimum atomic E-state index is -1.26. The molecule has 9 nitrogen and oxygen atoms in total. The number of hydrogen-bond acceptors (Lipinski definition) is 5. The number of nitrogens with one attached hydrogen (secondary N) is 2. The molecule has 2 aromatic rings. The Morgan fingerprint density at radius 1 is 0.875 bits per heavy atom. The minimum absolute atomic E-state index is 0.0309. The molecule has 9 heteroatoms. The van der Waals surface area contributed by atoms with Crippen LogP contribution in [0.5, 0.6) is 0 Å². The molecular weight excluding hydrogens is 416 g/mol. The van der Waals surface area contributed by atoms with Crippen molar-refractivity contribution in [2.75, 3.05) is 0 Å². The molecule has 0 unspecified atom stereocenters. The van der Waals surface area contributed by atoms with E-state index in [4.69, 9.17) is 9.84 Å². The average molecular weight is 442 g/mol. The summed E-state index contributed by atoms with van der Waals surface area (Å²) in [5.41, 5.74) is 1.40. The fraction of sp³-hybridized carbons (Fsp3) is 0.304. The Hall–Kier alpha value is -3.88. The fourth-order valence-electron chi connectivity index (χ4n) is 2.91. The van der Waals surface area contributed by atoms with Crippen LogP contribution in [-0.2, 0) is 27.4 Å². The van der Waals surface area contributed by atoms with Gasteiger partial charge < -0.3 is 25.6 Å². The van der Waals surface area contributed by atoms with E-state index in [2.05, 4.69) is 10.6 Å². The topological polar surface area (TPSA) is 142 Å². The lowest BCUT2D eigenvalue weighted by Crippen LogP contribution is -2.54. The maximum atomic E-state index is 12.7. The predicted octanol–water partition coefficient (Wildman–Crippen LogP) is 2.45. The van der Waals surface area contributed by atoms with Crippen molar-refractivity contribution in [3.05, 3.63) is 71.3 Å². The van der Waals surface area contributed by atoms with E-state index in [1.165, 1.54) is 24.3 Å². The Kier molecular flexibility index (Phi) is 8.76. The second-order valence-corrected chi connectivity index (χ2v) is 7.53. The molecule has 0 fully saturated rings. The molecule has 2 atom stereocenters.